The van der Waals surface area contributed by atoms with Gasteiger partial charge < -0.3 is 5.73 Å². The lowest BCUT2D eigenvalue weighted by Crippen LogP contribution is -2.43. The first-order chi connectivity index (χ1) is 8.69. The maximum absolute atomic E-state index is 6.40. The van der Waals surface area contributed by atoms with Crippen molar-refractivity contribution in [2.45, 2.75) is 62.8 Å². The summed E-state index contributed by atoms with van der Waals surface area (Å²) in [5.41, 5.74) is 9.19. The van der Waals surface area contributed by atoms with E-state index >= 15 is 0 Å². The van der Waals surface area contributed by atoms with Crippen LogP contribution in [-0.4, -0.2) is 0 Å². The highest BCUT2D eigenvalue weighted by molar-refractivity contribution is 9.10. The third-order valence-electron chi connectivity index (χ3n) is 4.87. The Balaban J connectivity index is 1.84. The summed E-state index contributed by atoms with van der Waals surface area (Å²) >= 11 is 3.77. The Hall–Kier alpha value is -0.340. The summed E-state index contributed by atoms with van der Waals surface area (Å²) < 4.78 is 1.28. The molecule has 18 heavy (non-hydrogen) atoms. The summed E-state index contributed by atoms with van der Waals surface area (Å²) in [4.78, 5) is 0. The molecule has 1 aromatic carbocycles. The predicted octanol–water partition coefficient (Wildman–Crippen LogP) is 4.83. The van der Waals surface area contributed by atoms with Gasteiger partial charge in [0.15, 0.2) is 0 Å². The molecule has 0 heterocycles. The Labute approximate surface area is 118 Å². The van der Waals surface area contributed by atoms with Crippen LogP contribution in [0.2, 0.25) is 0 Å². The molecule has 2 saturated carbocycles. The van der Waals surface area contributed by atoms with Gasteiger partial charge in [0.25, 0.3) is 0 Å². The van der Waals surface area contributed by atoms with E-state index in [2.05, 4.69) is 34.1 Å². The van der Waals surface area contributed by atoms with Gasteiger partial charge in [0.05, 0.1) is 0 Å². The molecule has 2 N–H and O–H groups in total. The first kappa shape index (κ1) is 12.7. The summed E-state index contributed by atoms with van der Waals surface area (Å²) in [6, 6.07) is 6.87. The average molecular weight is 308 g/mol. The SMILES string of the molecule is NC1(c2ccc(C3CCCCC3)c(Br)c2)CCC1. The van der Waals surface area contributed by atoms with Gasteiger partial charge >= 0.3 is 0 Å². The van der Waals surface area contributed by atoms with Crippen LogP contribution in [0.3, 0.4) is 0 Å². The molecule has 2 heteroatoms. The number of halogens is 1. The van der Waals surface area contributed by atoms with Gasteiger partial charge in [0, 0.05) is 10.0 Å². The quantitative estimate of drug-likeness (QED) is 0.831. The molecular weight excluding hydrogens is 286 g/mol. The third kappa shape index (κ3) is 2.25. The molecule has 2 fully saturated rings. The molecule has 2 aliphatic carbocycles. The Morgan fingerprint density at radius 2 is 1.78 bits per heavy atom. The molecular formula is C16H22BrN. The zero-order valence-electron chi connectivity index (χ0n) is 10.9. The van der Waals surface area contributed by atoms with Gasteiger partial charge in [0.2, 0.25) is 0 Å². The molecule has 1 nitrogen and oxygen atoms in total. The van der Waals surface area contributed by atoms with E-state index in [1.165, 1.54) is 54.1 Å². The second-order valence-electron chi connectivity index (χ2n) is 6.08. The van der Waals surface area contributed by atoms with Crippen molar-refractivity contribution in [3.05, 3.63) is 33.8 Å². The van der Waals surface area contributed by atoms with Crippen molar-refractivity contribution in [3.8, 4) is 0 Å². The Kier molecular flexibility index (Phi) is 3.50. The molecule has 1 aromatic rings. The number of hydrogen-bond acceptors (Lipinski definition) is 1. The lowest BCUT2D eigenvalue weighted by atomic mass is 9.72. The van der Waals surface area contributed by atoms with E-state index in [1.807, 2.05) is 0 Å². The van der Waals surface area contributed by atoms with Crippen molar-refractivity contribution >= 4 is 15.9 Å². The van der Waals surface area contributed by atoms with Crippen molar-refractivity contribution in [1.82, 2.24) is 0 Å². The van der Waals surface area contributed by atoms with E-state index in [0.717, 1.165) is 18.8 Å². The van der Waals surface area contributed by atoms with Gasteiger partial charge in [-0.15, -0.1) is 0 Å². The van der Waals surface area contributed by atoms with Gasteiger partial charge in [-0.2, -0.15) is 0 Å². The normalized spacial score (nSPS) is 23.7. The highest BCUT2D eigenvalue weighted by atomic mass is 79.9. The number of nitrogens with two attached hydrogens (primary N) is 1. The summed E-state index contributed by atoms with van der Waals surface area (Å²) in [6.45, 7) is 0. The van der Waals surface area contributed by atoms with Gasteiger partial charge in [-0.1, -0.05) is 47.3 Å². The molecule has 0 atom stereocenters. The van der Waals surface area contributed by atoms with Gasteiger partial charge in [0.1, 0.15) is 0 Å². The predicted molar refractivity (Wildman–Crippen MR) is 79.7 cm³/mol. The van der Waals surface area contributed by atoms with E-state index < -0.39 is 0 Å². The van der Waals surface area contributed by atoms with Crippen LogP contribution in [-0.2, 0) is 5.54 Å². The highest BCUT2D eigenvalue weighted by Crippen LogP contribution is 2.42. The van der Waals surface area contributed by atoms with E-state index in [9.17, 15) is 0 Å². The van der Waals surface area contributed by atoms with E-state index in [-0.39, 0.29) is 5.54 Å². The van der Waals surface area contributed by atoms with Crippen LogP contribution < -0.4 is 5.73 Å². The molecule has 0 saturated heterocycles. The smallest absolute Gasteiger partial charge is 0.0410 e. The first-order valence-corrected chi connectivity index (χ1v) is 8.07. The summed E-state index contributed by atoms with van der Waals surface area (Å²) in [7, 11) is 0. The van der Waals surface area contributed by atoms with Crippen molar-refractivity contribution in [3.63, 3.8) is 0 Å². The largest absolute Gasteiger partial charge is 0.321 e. The van der Waals surface area contributed by atoms with E-state index in [1.54, 1.807) is 0 Å². The number of benzene rings is 1. The second kappa shape index (κ2) is 4.97. The minimum absolute atomic E-state index is 0.0341. The Morgan fingerprint density at radius 3 is 2.33 bits per heavy atom. The number of hydrogen-bond donors (Lipinski definition) is 1. The zero-order chi connectivity index (χ0) is 12.6. The van der Waals surface area contributed by atoms with E-state index in [4.69, 9.17) is 5.73 Å². The standard InChI is InChI=1S/C16H22BrN/c17-15-11-13(16(18)9-4-10-16)7-8-14(15)12-5-2-1-3-6-12/h7-8,11-12H,1-6,9-10,18H2. The molecule has 0 amide bonds. The Bertz CT molecular complexity index is 431. The van der Waals surface area contributed by atoms with Crippen LogP contribution in [0.15, 0.2) is 22.7 Å². The molecule has 0 bridgehead atoms. The molecule has 98 valence electrons. The van der Waals surface area contributed by atoms with Crippen LogP contribution in [0, 0.1) is 0 Å². The molecule has 0 unspecified atom stereocenters. The van der Waals surface area contributed by atoms with Crippen LogP contribution >= 0.6 is 15.9 Å². The van der Waals surface area contributed by atoms with Gasteiger partial charge in [-0.3, -0.25) is 0 Å². The second-order valence-corrected chi connectivity index (χ2v) is 6.94. The summed E-state index contributed by atoms with van der Waals surface area (Å²) in [5.74, 6) is 0.761. The van der Waals surface area contributed by atoms with Crippen LogP contribution in [0.5, 0.6) is 0 Å². The fourth-order valence-corrected chi connectivity index (χ4v) is 4.13. The zero-order valence-corrected chi connectivity index (χ0v) is 12.5. The van der Waals surface area contributed by atoms with Gasteiger partial charge in [-0.05, 0) is 55.2 Å². The van der Waals surface area contributed by atoms with Crippen LogP contribution in [0.4, 0.5) is 0 Å². The van der Waals surface area contributed by atoms with Crippen LogP contribution in [0.25, 0.3) is 0 Å². The number of rotatable bonds is 2. The molecule has 0 radical (unpaired) electrons. The minimum atomic E-state index is -0.0341. The average Bonchev–Trinajstić information content (AvgIpc) is 2.37. The molecule has 0 aromatic heterocycles. The van der Waals surface area contributed by atoms with Crippen molar-refractivity contribution in [1.29, 1.82) is 0 Å². The lowest BCUT2D eigenvalue weighted by molar-refractivity contribution is 0.253. The van der Waals surface area contributed by atoms with Crippen molar-refractivity contribution in [2.75, 3.05) is 0 Å². The molecule has 3 rings (SSSR count). The fourth-order valence-electron chi connectivity index (χ4n) is 3.43. The van der Waals surface area contributed by atoms with Crippen molar-refractivity contribution < 1.29 is 0 Å². The van der Waals surface area contributed by atoms with Crippen molar-refractivity contribution in [2.24, 2.45) is 5.73 Å². The Morgan fingerprint density at radius 1 is 1.06 bits per heavy atom. The molecule has 2 aliphatic rings. The third-order valence-corrected chi connectivity index (χ3v) is 5.55. The van der Waals surface area contributed by atoms with Crippen LogP contribution in [0.1, 0.15) is 68.4 Å². The monoisotopic (exact) mass is 307 g/mol. The van der Waals surface area contributed by atoms with Gasteiger partial charge in [-0.25, -0.2) is 0 Å². The summed E-state index contributed by atoms with van der Waals surface area (Å²) in [5, 5.41) is 0. The summed E-state index contributed by atoms with van der Waals surface area (Å²) in [6.07, 6.45) is 10.5. The first-order valence-electron chi connectivity index (χ1n) is 7.28. The maximum Gasteiger partial charge on any atom is 0.0410 e. The lowest BCUT2D eigenvalue weighted by Gasteiger charge is -2.39. The van der Waals surface area contributed by atoms with E-state index in [0.29, 0.717) is 0 Å². The topological polar surface area (TPSA) is 26.0 Å². The maximum atomic E-state index is 6.40. The minimum Gasteiger partial charge on any atom is -0.321 e. The molecule has 0 aliphatic heterocycles. The fraction of sp³-hybridized carbons (Fsp3) is 0.625. The molecule has 0 spiro atoms. The highest BCUT2D eigenvalue weighted by Gasteiger charge is 2.34.